The normalized spacial score (nSPS) is 10.3. The largest absolute Gasteiger partial charge is 0.241 e. The topological polar surface area (TPSA) is 49.6 Å². The second kappa shape index (κ2) is 6.60. The number of aromatic nitrogens is 2. The van der Waals surface area contributed by atoms with Crippen LogP contribution in [0, 0.1) is 18.3 Å². The molecule has 3 aromatic rings. The van der Waals surface area contributed by atoms with E-state index in [1.54, 1.807) is 6.20 Å². The van der Waals surface area contributed by atoms with E-state index in [9.17, 15) is 5.26 Å². The Hall–Kier alpha value is -2.70. The van der Waals surface area contributed by atoms with Gasteiger partial charge in [0.1, 0.15) is 11.0 Å². The van der Waals surface area contributed by atoms with Crippen LogP contribution in [0.3, 0.4) is 0 Å². The lowest BCUT2D eigenvalue weighted by Crippen LogP contribution is -1.96. The highest BCUT2D eigenvalue weighted by Gasteiger charge is 2.07. The maximum Gasteiger partial charge on any atom is 0.136 e. The fraction of sp³-hybridized carbons (Fsp3) is 0.105. The maximum absolute atomic E-state index is 9.20. The molecule has 0 amide bonds. The fourth-order valence-electron chi connectivity index (χ4n) is 2.44. The van der Waals surface area contributed by atoms with E-state index in [0.717, 1.165) is 22.3 Å². The molecule has 1 heterocycles. The van der Waals surface area contributed by atoms with E-state index < -0.39 is 0 Å². The molecule has 0 saturated heterocycles. The number of rotatable bonds is 3. The van der Waals surface area contributed by atoms with Crippen LogP contribution in [0.5, 0.6) is 0 Å². The Morgan fingerprint density at radius 3 is 2.52 bits per heavy atom. The summed E-state index contributed by atoms with van der Waals surface area (Å²) in [6.45, 7) is 1.82. The number of hydrogen-bond acceptors (Lipinski definition) is 3. The number of halogens is 1. The Bertz CT molecular complexity index is 880. The highest BCUT2D eigenvalue weighted by atomic mass is 35.5. The third kappa shape index (κ3) is 3.39. The van der Waals surface area contributed by atoms with Gasteiger partial charge in [-0.05, 0) is 29.7 Å². The average Bonchev–Trinajstić information content (AvgIpc) is 2.58. The minimum Gasteiger partial charge on any atom is -0.241 e. The Labute approximate surface area is 140 Å². The number of hydrogen-bond donors (Lipinski definition) is 0. The molecule has 2 aromatic carbocycles. The smallest absolute Gasteiger partial charge is 0.136 e. The van der Waals surface area contributed by atoms with Gasteiger partial charge in [-0.3, -0.25) is 0 Å². The van der Waals surface area contributed by atoms with E-state index in [1.807, 2.05) is 55.5 Å². The predicted molar refractivity (Wildman–Crippen MR) is 91.2 cm³/mol. The van der Waals surface area contributed by atoms with E-state index in [0.29, 0.717) is 23.0 Å². The van der Waals surface area contributed by atoms with Gasteiger partial charge in [0, 0.05) is 18.2 Å². The lowest BCUT2D eigenvalue weighted by atomic mass is 9.98. The SMILES string of the molecule is Cc1ncc(Cc2ccc(-c3ccccc3C#N)cc2)c(Cl)n1. The van der Waals surface area contributed by atoms with Gasteiger partial charge >= 0.3 is 0 Å². The zero-order valence-electron chi connectivity index (χ0n) is 12.6. The van der Waals surface area contributed by atoms with E-state index in [2.05, 4.69) is 16.0 Å². The van der Waals surface area contributed by atoms with Gasteiger partial charge in [0.15, 0.2) is 0 Å². The molecule has 4 heteroatoms. The summed E-state index contributed by atoms with van der Waals surface area (Å²) in [7, 11) is 0. The molecule has 0 aliphatic rings. The first kappa shape index (κ1) is 15.2. The van der Waals surface area contributed by atoms with Crippen molar-refractivity contribution in [3.63, 3.8) is 0 Å². The van der Waals surface area contributed by atoms with E-state index in [4.69, 9.17) is 11.6 Å². The second-order valence-corrected chi connectivity index (χ2v) is 5.62. The molecular weight excluding hydrogens is 306 g/mol. The first-order valence-electron chi connectivity index (χ1n) is 7.24. The number of benzene rings is 2. The Morgan fingerprint density at radius 1 is 1.09 bits per heavy atom. The van der Waals surface area contributed by atoms with E-state index in [1.165, 1.54) is 0 Å². The van der Waals surface area contributed by atoms with Crippen molar-refractivity contribution in [2.24, 2.45) is 0 Å². The Morgan fingerprint density at radius 2 is 1.83 bits per heavy atom. The van der Waals surface area contributed by atoms with Gasteiger partial charge in [0.2, 0.25) is 0 Å². The van der Waals surface area contributed by atoms with Gasteiger partial charge in [-0.25, -0.2) is 9.97 Å². The molecule has 3 rings (SSSR count). The quantitative estimate of drug-likeness (QED) is 0.664. The first-order chi connectivity index (χ1) is 11.2. The maximum atomic E-state index is 9.20. The zero-order chi connectivity index (χ0) is 16.2. The van der Waals surface area contributed by atoms with Gasteiger partial charge in [0.25, 0.3) is 0 Å². The number of aryl methyl sites for hydroxylation is 1. The summed E-state index contributed by atoms with van der Waals surface area (Å²) in [6.07, 6.45) is 2.45. The summed E-state index contributed by atoms with van der Waals surface area (Å²) < 4.78 is 0. The van der Waals surface area contributed by atoms with Crippen LogP contribution in [-0.4, -0.2) is 9.97 Å². The number of nitriles is 1. The molecule has 0 unspecified atom stereocenters. The van der Waals surface area contributed by atoms with Crippen LogP contribution in [0.15, 0.2) is 54.7 Å². The summed E-state index contributed by atoms with van der Waals surface area (Å²) in [4.78, 5) is 8.37. The van der Waals surface area contributed by atoms with Crippen LogP contribution in [0.2, 0.25) is 5.15 Å². The molecular formula is C19H14ClN3. The first-order valence-corrected chi connectivity index (χ1v) is 7.61. The van der Waals surface area contributed by atoms with Crippen molar-refractivity contribution >= 4 is 11.6 Å². The van der Waals surface area contributed by atoms with Crippen molar-refractivity contribution < 1.29 is 0 Å². The van der Waals surface area contributed by atoms with Gasteiger partial charge < -0.3 is 0 Å². The van der Waals surface area contributed by atoms with Crippen LogP contribution in [-0.2, 0) is 6.42 Å². The second-order valence-electron chi connectivity index (χ2n) is 5.26. The van der Waals surface area contributed by atoms with Gasteiger partial charge in [-0.2, -0.15) is 5.26 Å². The highest BCUT2D eigenvalue weighted by molar-refractivity contribution is 6.30. The zero-order valence-corrected chi connectivity index (χ0v) is 13.4. The van der Waals surface area contributed by atoms with Crippen molar-refractivity contribution in [1.82, 2.24) is 9.97 Å². The molecule has 0 atom stereocenters. The standard InChI is InChI=1S/C19H14ClN3/c1-13-22-12-17(19(20)23-13)10-14-6-8-15(9-7-14)18-5-3-2-4-16(18)11-21/h2-9,12H,10H2,1H3. The fourth-order valence-corrected chi connectivity index (χ4v) is 2.68. The monoisotopic (exact) mass is 319 g/mol. The summed E-state index contributed by atoms with van der Waals surface area (Å²) in [5, 5.41) is 9.70. The van der Waals surface area contributed by atoms with Crippen molar-refractivity contribution in [2.45, 2.75) is 13.3 Å². The molecule has 0 radical (unpaired) electrons. The molecule has 0 saturated carbocycles. The minimum atomic E-state index is 0.497. The lowest BCUT2D eigenvalue weighted by Gasteiger charge is -2.07. The third-order valence-electron chi connectivity index (χ3n) is 3.64. The van der Waals surface area contributed by atoms with Gasteiger partial charge in [0.05, 0.1) is 11.6 Å². The van der Waals surface area contributed by atoms with E-state index >= 15 is 0 Å². The highest BCUT2D eigenvalue weighted by Crippen LogP contribution is 2.24. The molecule has 23 heavy (non-hydrogen) atoms. The molecule has 1 aromatic heterocycles. The van der Waals surface area contributed by atoms with Gasteiger partial charge in [-0.15, -0.1) is 0 Å². The summed E-state index contributed by atoms with van der Waals surface area (Å²) >= 11 is 6.16. The predicted octanol–water partition coefficient (Wildman–Crippen LogP) is 4.57. The summed E-state index contributed by atoms with van der Waals surface area (Å²) in [5.74, 6) is 0.669. The molecule has 0 bridgehead atoms. The van der Waals surface area contributed by atoms with Crippen LogP contribution < -0.4 is 0 Å². The summed E-state index contributed by atoms with van der Waals surface area (Å²) in [5.41, 5.74) is 4.67. The molecule has 3 nitrogen and oxygen atoms in total. The Kier molecular flexibility index (Phi) is 4.36. The minimum absolute atomic E-state index is 0.497. The number of nitrogens with zero attached hydrogens (tertiary/aromatic N) is 3. The molecule has 0 aliphatic carbocycles. The Balaban J connectivity index is 1.86. The van der Waals surface area contributed by atoms with E-state index in [-0.39, 0.29) is 0 Å². The average molecular weight is 320 g/mol. The molecule has 0 fully saturated rings. The van der Waals surface area contributed by atoms with Crippen molar-refractivity contribution in [3.05, 3.63) is 82.4 Å². The third-order valence-corrected chi connectivity index (χ3v) is 3.97. The van der Waals surface area contributed by atoms with Crippen LogP contribution in [0.25, 0.3) is 11.1 Å². The molecule has 0 spiro atoms. The molecule has 0 N–H and O–H groups in total. The van der Waals surface area contributed by atoms with Crippen molar-refractivity contribution in [3.8, 4) is 17.2 Å². The molecule has 112 valence electrons. The van der Waals surface area contributed by atoms with Gasteiger partial charge in [-0.1, -0.05) is 54.1 Å². The van der Waals surface area contributed by atoms with Crippen molar-refractivity contribution in [1.29, 1.82) is 5.26 Å². The summed E-state index contributed by atoms with van der Waals surface area (Å²) in [6, 6.07) is 17.9. The molecule has 0 aliphatic heterocycles. The van der Waals surface area contributed by atoms with Crippen LogP contribution in [0.4, 0.5) is 0 Å². The van der Waals surface area contributed by atoms with Crippen LogP contribution in [0.1, 0.15) is 22.5 Å². The van der Waals surface area contributed by atoms with Crippen LogP contribution >= 0.6 is 11.6 Å². The van der Waals surface area contributed by atoms with Crippen molar-refractivity contribution in [2.75, 3.05) is 0 Å². The lowest BCUT2D eigenvalue weighted by molar-refractivity contribution is 1.00.